The smallest absolute Gasteiger partial charge is 0.144 e. The molecule has 1 radical (unpaired) electrons. The minimum Gasteiger partial charge on any atom is -0.456 e. The van der Waals surface area contributed by atoms with Crippen LogP contribution in [-0.2, 0) is 20.1 Å². The van der Waals surface area contributed by atoms with Gasteiger partial charge in [0.15, 0.2) is 0 Å². The van der Waals surface area contributed by atoms with Gasteiger partial charge in [-0.1, -0.05) is 80.7 Å². The first kappa shape index (κ1) is 35.3. The standard InChI is InChI=1S/C32H24NO2Si.C14H14N.Ir/c1-36(2,3)32-29-23-14-8-10-16-26(23)34-30(29)27(28-22-13-7-9-15-25(22)35-31(28)32)21-17-18-33-24(19-21)20-11-5-4-6-12-20;1-10-4-6-13(7-5-10)14-8-11(2)12(3)9-15-14;/h4-11,13-19H,1-3H3;4-6,8-9H,1-3H3;/q2*-1;. The molecular formula is C46H38IrN2O2Si-2. The van der Waals surface area contributed by atoms with E-state index >= 15 is 0 Å². The van der Waals surface area contributed by atoms with Crippen LogP contribution < -0.4 is 5.19 Å². The van der Waals surface area contributed by atoms with Crippen molar-refractivity contribution in [2.24, 2.45) is 0 Å². The number of hydrogen-bond acceptors (Lipinski definition) is 4. The van der Waals surface area contributed by atoms with Crippen LogP contribution in [0.5, 0.6) is 0 Å². The molecule has 0 spiro atoms. The Morgan fingerprint density at radius 2 is 1.27 bits per heavy atom. The molecule has 0 unspecified atom stereocenters. The predicted octanol–water partition coefficient (Wildman–Crippen LogP) is 12.0. The van der Waals surface area contributed by atoms with Crippen molar-refractivity contribution < 1.29 is 28.9 Å². The molecule has 4 nitrogen and oxygen atoms in total. The number of aromatic nitrogens is 2. The Morgan fingerprint density at radius 1 is 0.615 bits per heavy atom. The van der Waals surface area contributed by atoms with E-state index in [2.05, 4.69) is 129 Å². The van der Waals surface area contributed by atoms with Gasteiger partial charge in [-0.25, -0.2) is 0 Å². The molecule has 6 heteroatoms. The van der Waals surface area contributed by atoms with Crippen LogP contribution in [0.4, 0.5) is 0 Å². The summed E-state index contributed by atoms with van der Waals surface area (Å²) in [5.41, 5.74) is 13.4. The van der Waals surface area contributed by atoms with E-state index in [-0.39, 0.29) is 20.1 Å². The molecule has 0 N–H and O–H groups in total. The first-order valence-corrected chi connectivity index (χ1v) is 20.8. The average molecular weight is 871 g/mol. The largest absolute Gasteiger partial charge is 0.456 e. The van der Waals surface area contributed by atoms with Gasteiger partial charge in [0.2, 0.25) is 0 Å². The maximum Gasteiger partial charge on any atom is 0.144 e. The van der Waals surface area contributed by atoms with E-state index in [4.69, 9.17) is 8.83 Å². The Kier molecular flexibility index (Phi) is 9.58. The first-order valence-electron chi connectivity index (χ1n) is 17.3. The Morgan fingerprint density at radius 3 is 1.92 bits per heavy atom. The zero-order valence-corrected chi connectivity index (χ0v) is 33.5. The molecule has 0 amide bonds. The summed E-state index contributed by atoms with van der Waals surface area (Å²) >= 11 is 0. The van der Waals surface area contributed by atoms with E-state index in [9.17, 15) is 0 Å². The van der Waals surface area contributed by atoms with E-state index in [0.29, 0.717) is 0 Å². The molecule has 0 saturated carbocycles. The Bertz CT molecular complexity index is 2700. The number of nitrogens with zero attached hydrogens (tertiary/aromatic N) is 2. The molecule has 0 aliphatic rings. The van der Waals surface area contributed by atoms with Gasteiger partial charge in [0.05, 0.1) is 8.07 Å². The van der Waals surface area contributed by atoms with Crippen LogP contribution in [0, 0.1) is 32.9 Å². The molecule has 0 atom stereocenters. The molecule has 259 valence electrons. The second-order valence-electron chi connectivity index (χ2n) is 14.2. The van der Waals surface area contributed by atoms with Gasteiger partial charge in [0.25, 0.3) is 0 Å². The normalized spacial score (nSPS) is 11.5. The maximum atomic E-state index is 6.70. The molecule has 4 aromatic heterocycles. The van der Waals surface area contributed by atoms with E-state index in [1.807, 2.05) is 54.9 Å². The predicted molar refractivity (Wildman–Crippen MR) is 214 cm³/mol. The van der Waals surface area contributed by atoms with E-state index in [1.165, 1.54) is 27.3 Å². The van der Waals surface area contributed by atoms with Crippen LogP contribution in [0.1, 0.15) is 16.7 Å². The third-order valence-corrected chi connectivity index (χ3v) is 11.5. The quantitative estimate of drug-likeness (QED) is 0.131. The molecular weight excluding hydrogens is 833 g/mol. The molecule has 0 aliphatic carbocycles. The number of para-hydroxylation sites is 2. The number of fused-ring (bicyclic) bond motifs is 6. The van der Waals surface area contributed by atoms with Crippen LogP contribution >= 0.6 is 0 Å². The number of furan rings is 2. The van der Waals surface area contributed by atoms with Crippen molar-refractivity contribution in [2.75, 3.05) is 0 Å². The van der Waals surface area contributed by atoms with Crippen molar-refractivity contribution >= 4 is 57.1 Å². The van der Waals surface area contributed by atoms with Crippen molar-refractivity contribution in [1.29, 1.82) is 0 Å². The summed E-state index contributed by atoms with van der Waals surface area (Å²) in [5, 5.41) is 5.84. The average Bonchev–Trinajstić information content (AvgIpc) is 3.71. The minimum atomic E-state index is -1.86. The van der Waals surface area contributed by atoms with Gasteiger partial charge in [0.1, 0.15) is 22.3 Å². The summed E-state index contributed by atoms with van der Waals surface area (Å²) in [5.74, 6) is 0. The van der Waals surface area contributed by atoms with Gasteiger partial charge in [-0.3, -0.25) is 0 Å². The van der Waals surface area contributed by atoms with Crippen LogP contribution in [0.25, 0.3) is 77.5 Å². The molecule has 4 heterocycles. The van der Waals surface area contributed by atoms with Gasteiger partial charge in [-0.05, 0) is 59.7 Å². The summed E-state index contributed by atoms with van der Waals surface area (Å²) < 4.78 is 13.4. The van der Waals surface area contributed by atoms with E-state index < -0.39 is 8.07 Å². The molecule has 9 rings (SSSR count). The van der Waals surface area contributed by atoms with E-state index in [0.717, 1.165) is 72.1 Å². The zero-order chi connectivity index (χ0) is 35.3. The van der Waals surface area contributed by atoms with Crippen LogP contribution in [0.2, 0.25) is 19.6 Å². The number of rotatable bonds is 4. The molecule has 0 bridgehead atoms. The number of benzene rings is 5. The number of hydrogen-bond donors (Lipinski definition) is 0. The van der Waals surface area contributed by atoms with Gasteiger partial charge >= 0.3 is 0 Å². The van der Waals surface area contributed by atoms with Crippen LogP contribution in [0.3, 0.4) is 0 Å². The topological polar surface area (TPSA) is 52.1 Å². The fraction of sp³-hybridized carbons (Fsp3) is 0.130. The summed E-state index contributed by atoms with van der Waals surface area (Å²) in [6.07, 6.45) is 3.79. The monoisotopic (exact) mass is 871 g/mol. The number of pyridine rings is 2. The van der Waals surface area contributed by atoms with Crippen molar-refractivity contribution in [3.8, 4) is 33.6 Å². The molecule has 0 saturated heterocycles. The van der Waals surface area contributed by atoms with Gasteiger partial charge < -0.3 is 18.8 Å². The van der Waals surface area contributed by atoms with Gasteiger partial charge in [-0.15, -0.1) is 71.3 Å². The molecule has 9 aromatic rings. The van der Waals surface area contributed by atoms with Gasteiger partial charge in [-0.2, -0.15) is 0 Å². The van der Waals surface area contributed by atoms with Crippen molar-refractivity contribution in [3.05, 3.63) is 150 Å². The Labute approximate surface area is 318 Å². The fourth-order valence-corrected chi connectivity index (χ4v) is 8.73. The number of aryl methyl sites for hydroxylation is 3. The third-order valence-electron chi connectivity index (χ3n) is 9.55. The van der Waals surface area contributed by atoms with Crippen LogP contribution in [0.15, 0.2) is 130 Å². The third kappa shape index (κ3) is 6.43. The summed E-state index contributed by atoms with van der Waals surface area (Å²) in [6, 6.07) is 43.6. The van der Waals surface area contributed by atoms with Crippen molar-refractivity contribution in [1.82, 2.24) is 9.97 Å². The first-order chi connectivity index (χ1) is 24.7. The molecule has 0 aliphatic heterocycles. The summed E-state index contributed by atoms with van der Waals surface area (Å²) in [4.78, 5) is 9.07. The second kappa shape index (κ2) is 14.1. The Hall–Kier alpha value is -5.13. The zero-order valence-electron chi connectivity index (χ0n) is 30.1. The maximum absolute atomic E-state index is 6.70. The molecule has 5 aromatic carbocycles. The summed E-state index contributed by atoms with van der Waals surface area (Å²) in [7, 11) is -1.86. The van der Waals surface area contributed by atoms with Crippen molar-refractivity contribution in [3.63, 3.8) is 0 Å². The minimum absolute atomic E-state index is 0. The SMILES string of the molecule is C[Si](C)(C)c1c2oc3ccccc3c2c(-c2ccnc(-c3[c-]cccc3)c2)c2oc3ccccc3c12.Cc1c[c-]c(-c2cc(C)c(C)cn2)cc1.[Ir]. The van der Waals surface area contributed by atoms with Crippen molar-refractivity contribution in [2.45, 2.75) is 40.4 Å². The second-order valence-corrected chi connectivity index (χ2v) is 19.2. The van der Waals surface area contributed by atoms with E-state index in [1.54, 1.807) is 0 Å². The molecule has 0 fully saturated rings. The summed E-state index contributed by atoms with van der Waals surface area (Å²) in [6.45, 7) is 13.4. The van der Waals surface area contributed by atoms with Crippen LogP contribution in [-0.4, -0.2) is 18.0 Å². The van der Waals surface area contributed by atoms with Gasteiger partial charge in [0, 0.05) is 59.6 Å². The fourth-order valence-electron chi connectivity index (χ4n) is 6.88. The Balaban J connectivity index is 0.000000222. The molecule has 52 heavy (non-hydrogen) atoms.